The van der Waals surface area contributed by atoms with Crippen LogP contribution in [0.2, 0.25) is 0 Å². The second-order valence-electron chi connectivity index (χ2n) is 16.5. The molecule has 11 aromatic carbocycles. The molecule has 1 aromatic heterocycles. The first kappa shape index (κ1) is 37.3. The number of fused-ring (bicyclic) bond motifs is 5. The third kappa shape index (κ3) is 6.70. The van der Waals surface area contributed by atoms with E-state index in [4.69, 9.17) is 4.42 Å². The molecule has 0 aliphatic carbocycles. The van der Waals surface area contributed by atoms with Crippen molar-refractivity contribution < 1.29 is 4.42 Å². The van der Waals surface area contributed by atoms with E-state index in [1.807, 2.05) is 0 Å². The molecule has 0 unspecified atom stereocenters. The monoisotopic (exact) mass is 815 g/mol. The van der Waals surface area contributed by atoms with Crippen LogP contribution in [0, 0.1) is 0 Å². The molecular formula is C62H41NO. The van der Waals surface area contributed by atoms with E-state index < -0.39 is 0 Å². The first-order valence-corrected chi connectivity index (χ1v) is 21.9. The predicted molar refractivity (Wildman–Crippen MR) is 271 cm³/mol. The van der Waals surface area contributed by atoms with Gasteiger partial charge in [-0.1, -0.05) is 188 Å². The summed E-state index contributed by atoms with van der Waals surface area (Å²) in [6.45, 7) is 0. The maximum Gasteiger partial charge on any atom is 0.136 e. The molecule has 0 amide bonds. The van der Waals surface area contributed by atoms with Crippen molar-refractivity contribution >= 4 is 60.5 Å². The van der Waals surface area contributed by atoms with Crippen LogP contribution in [0.5, 0.6) is 0 Å². The Morgan fingerprint density at radius 1 is 0.250 bits per heavy atom. The summed E-state index contributed by atoms with van der Waals surface area (Å²) < 4.78 is 6.44. The molecule has 0 fully saturated rings. The van der Waals surface area contributed by atoms with Crippen LogP contribution < -0.4 is 4.90 Å². The second-order valence-corrected chi connectivity index (χ2v) is 16.5. The summed E-state index contributed by atoms with van der Waals surface area (Å²) in [5.41, 5.74) is 16.8. The van der Waals surface area contributed by atoms with Gasteiger partial charge in [-0.3, -0.25) is 0 Å². The van der Waals surface area contributed by atoms with E-state index in [0.29, 0.717) is 0 Å². The van der Waals surface area contributed by atoms with Crippen LogP contribution in [0.1, 0.15) is 0 Å². The summed E-state index contributed by atoms with van der Waals surface area (Å²) in [5, 5.41) is 7.09. The molecule has 64 heavy (non-hydrogen) atoms. The van der Waals surface area contributed by atoms with Crippen LogP contribution in [0.25, 0.3) is 99.1 Å². The van der Waals surface area contributed by atoms with Crippen molar-refractivity contribution in [2.75, 3.05) is 4.90 Å². The normalized spacial score (nSPS) is 11.4. The first-order valence-electron chi connectivity index (χ1n) is 21.9. The maximum atomic E-state index is 6.44. The minimum Gasteiger partial charge on any atom is -0.456 e. The fraction of sp³-hybridized carbons (Fsp3) is 0. The molecular weight excluding hydrogens is 775 g/mol. The van der Waals surface area contributed by atoms with Gasteiger partial charge in [0.15, 0.2) is 0 Å². The van der Waals surface area contributed by atoms with E-state index in [9.17, 15) is 0 Å². The van der Waals surface area contributed by atoms with Crippen molar-refractivity contribution in [3.8, 4) is 55.6 Å². The highest BCUT2D eigenvalue weighted by Crippen LogP contribution is 2.44. The summed E-state index contributed by atoms with van der Waals surface area (Å²) >= 11 is 0. The SMILES string of the molecule is c1ccc(-c2ccc(-c3ccc(N(c4ccc(-c5cccc6ccccc56)cc4)c4ccccc4-c4ccc5oc6cc7ccccc7cc6c5c4)cc3)cc2-c2ccccc2)cc1. The van der Waals surface area contributed by atoms with Gasteiger partial charge in [0.2, 0.25) is 0 Å². The van der Waals surface area contributed by atoms with Gasteiger partial charge in [0.1, 0.15) is 11.2 Å². The number of benzene rings is 11. The molecule has 0 radical (unpaired) electrons. The Kier molecular flexibility index (Phi) is 9.20. The summed E-state index contributed by atoms with van der Waals surface area (Å²) in [5.74, 6) is 0. The number of para-hydroxylation sites is 1. The summed E-state index contributed by atoms with van der Waals surface area (Å²) in [6.07, 6.45) is 0. The first-order chi connectivity index (χ1) is 31.7. The van der Waals surface area contributed by atoms with Crippen LogP contribution in [-0.4, -0.2) is 0 Å². The molecule has 12 aromatic rings. The molecule has 0 atom stereocenters. The number of furan rings is 1. The van der Waals surface area contributed by atoms with Crippen LogP contribution in [0.4, 0.5) is 17.1 Å². The van der Waals surface area contributed by atoms with Gasteiger partial charge >= 0.3 is 0 Å². The van der Waals surface area contributed by atoms with E-state index in [2.05, 4.69) is 254 Å². The molecule has 0 N–H and O–H groups in total. The lowest BCUT2D eigenvalue weighted by Gasteiger charge is -2.28. The fourth-order valence-electron chi connectivity index (χ4n) is 9.49. The Hall–Kier alpha value is -8.46. The lowest BCUT2D eigenvalue weighted by atomic mass is 9.91. The topological polar surface area (TPSA) is 16.4 Å². The zero-order valence-electron chi connectivity index (χ0n) is 35.0. The molecule has 1 heterocycles. The fourth-order valence-corrected chi connectivity index (χ4v) is 9.49. The lowest BCUT2D eigenvalue weighted by Crippen LogP contribution is -2.11. The van der Waals surface area contributed by atoms with E-state index in [1.54, 1.807) is 0 Å². The Bertz CT molecular complexity index is 3640. The Morgan fingerprint density at radius 2 is 0.781 bits per heavy atom. The van der Waals surface area contributed by atoms with Gasteiger partial charge in [0, 0.05) is 27.7 Å². The van der Waals surface area contributed by atoms with Gasteiger partial charge in [0.25, 0.3) is 0 Å². The summed E-state index contributed by atoms with van der Waals surface area (Å²) in [6, 6.07) is 89.7. The molecule has 2 nitrogen and oxygen atoms in total. The standard InChI is InChI=1S/C62H41NO/c1-3-14-43(15-4-1)55-36-30-49(38-57(55)45-16-5-2-6-17-45)42-26-32-51(33-27-42)63(52-34-28-46(29-35-52)54-24-13-21-44-18-9-10-22-53(44)54)60-25-12-11-23-56(60)50-31-37-61-58(40-50)59-39-47-19-7-8-20-48(47)41-62(59)64-61/h1-41H. The second kappa shape index (κ2) is 15.8. The van der Waals surface area contributed by atoms with Gasteiger partial charge in [-0.05, 0) is 132 Å². The Labute approximate surface area is 372 Å². The van der Waals surface area contributed by atoms with Crippen molar-refractivity contribution in [2.24, 2.45) is 0 Å². The van der Waals surface area contributed by atoms with Crippen molar-refractivity contribution in [1.29, 1.82) is 0 Å². The third-order valence-corrected chi connectivity index (χ3v) is 12.7. The van der Waals surface area contributed by atoms with Gasteiger partial charge in [-0.15, -0.1) is 0 Å². The number of hydrogen-bond donors (Lipinski definition) is 0. The molecule has 0 saturated carbocycles. The smallest absolute Gasteiger partial charge is 0.136 e. The van der Waals surface area contributed by atoms with Crippen LogP contribution in [0.3, 0.4) is 0 Å². The Morgan fingerprint density at radius 3 is 1.53 bits per heavy atom. The molecule has 12 rings (SSSR count). The highest BCUT2D eigenvalue weighted by Gasteiger charge is 2.20. The minimum absolute atomic E-state index is 0.884. The van der Waals surface area contributed by atoms with Crippen LogP contribution in [-0.2, 0) is 0 Å². The van der Waals surface area contributed by atoms with Gasteiger partial charge in [-0.25, -0.2) is 0 Å². The largest absolute Gasteiger partial charge is 0.456 e. The molecule has 0 aliphatic heterocycles. The zero-order valence-corrected chi connectivity index (χ0v) is 35.0. The molecule has 0 bridgehead atoms. The van der Waals surface area contributed by atoms with Crippen molar-refractivity contribution in [2.45, 2.75) is 0 Å². The van der Waals surface area contributed by atoms with Crippen molar-refractivity contribution in [3.05, 3.63) is 249 Å². The van der Waals surface area contributed by atoms with Crippen LogP contribution in [0.15, 0.2) is 253 Å². The Balaban J connectivity index is 0.984. The molecule has 300 valence electrons. The predicted octanol–water partition coefficient (Wildman–Crippen LogP) is 17.7. The molecule has 0 spiro atoms. The quantitative estimate of drug-likeness (QED) is 0.152. The molecule has 2 heteroatoms. The van der Waals surface area contributed by atoms with E-state index >= 15 is 0 Å². The lowest BCUT2D eigenvalue weighted by molar-refractivity contribution is 0.669. The zero-order chi connectivity index (χ0) is 42.4. The highest BCUT2D eigenvalue weighted by molar-refractivity contribution is 6.11. The average molecular weight is 816 g/mol. The van der Waals surface area contributed by atoms with E-state index in [0.717, 1.165) is 55.7 Å². The number of hydrogen-bond acceptors (Lipinski definition) is 2. The minimum atomic E-state index is 0.884. The van der Waals surface area contributed by atoms with E-state index in [1.165, 1.54) is 60.5 Å². The summed E-state index contributed by atoms with van der Waals surface area (Å²) in [7, 11) is 0. The van der Waals surface area contributed by atoms with Gasteiger partial charge < -0.3 is 9.32 Å². The average Bonchev–Trinajstić information content (AvgIpc) is 3.73. The van der Waals surface area contributed by atoms with Crippen LogP contribution >= 0.6 is 0 Å². The van der Waals surface area contributed by atoms with Crippen molar-refractivity contribution in [3.63, 3.8) is 0 Å². The number of nitrogens with zero attached hydrogens (tertiary/aromatic N) is 1. The summed E-state index contributed by atoms with van der Waals surface area (Å²) in [4.78, 5) is 2.39. The number of anilines is 3. The third-order valence-electron chi connectivity index (χ3n) is 12.7. The molecule has 0 saturated heterocycles. The number of rotatable bonds is 8. The maximum absolute atomic E-state index is 6.44. The highest BCUT2D eigenvalue weighted by atomic mass is 16.3. The van der Waals surface area contributed by atoms with Crippen molar-refractivity contribution in [1.82, 2.24) is 0 Å². The van der Waals surface area contributed by atoms with E-state index in [-0.39, 0.29) is 0 Å². The molecule has 0 aliphatic rings. The van der Waals surface area contributed by atoms with Gasteiger partial charge in [-0.2, -0.15) is 0 Å². The van der Waals surface area contributed by atoms with Gasteiger partial charge in [0.05, 0.1) is 5.69 Å².